The van der Waals surface area contributed by atoms with E-state index in [0.717, 1.165) is 31.1 Å². The summed E-state index contributed by atoms with van der Waals surface area (Å²) in [5.41, 5.74) is -0.184. The zero-order valence-electron chi connectivity index (χ0n) is 11.4. The summed E-state index contributed by atoms with van der Waals surface area (Å²) in [5.74, 6) is 0.686. The number of anilines is 1. The van der Waals surface area contributed by atoms with Crippen LogP contribution in [-0.2, 0) is 11.2 Å². The Bertz CT molecular complexity index is 473. The summed E-state index contributed by atoms with van der Waals surface area (Å²) in [6.45, 7) is 3.93. The number of carbonyl (C=O) groups is 1. The molecule has 2 heterocycles. The summed E-state index contributed by atoms with van der Waals surface area (Å²) in [5, 5.41) is 7.22. The molecule has 1 saturated heterocycles. The van der Waals surface area contributed by atoms with Crippen LogP contribution in [0.5, 0.6) is 0 Å². The van der Waals surface area contributed by atoms with Crippen molar-refractivity contribution in [3.8, 4) is 0 Å². The van der Waals surface area contributed by atoms with Crippen molar-refractivity contribution in [1.82, 2.24) is 10.3 Å². The van der Waals surface area contributed by atoms with Gasteiger partial charge in [-0.05, 0) is 31.7 Å². The van der Waals surface area contributed by atoms with Gasteiger partial charge in [0.25, 0.3) is 0 Å². The van der Waals surface area contributed by atoms with E-state index >= 15 is 0 Å². The SMILES string of the molecule is CCc1cnc(NC(=O)[C@@]23CCCC[C@H]2CNC3)s1. The number of amides is 1. The Kier molecular flexibility index (Phi) is 3.58. The molecule has 0 bridgehead atoms. The lowest BCUT2D eigenvalue weighted by Gasteiger charge is -2.36. The van der Waals surface area contributed by atoms with E-state index in [-0.39, 0.29) is 11.3 Å². The Morgan fingerprint density at radius 1 is 1.63 bits per heavy atom. The van der Waals surface area contributed by atoms with Crippen molar-refractivity contribution in [2.75, 3.05) is 18.4 Å². The number of thiazole rings is 1. The first kappa shape index (κ1) is 13.1. The number of rotatable bonds is 3. The molecule has 104 valence electrons. The second-order valence-corrected chi connectivity index (χ2v) is 6.78. The van der Waals surface area contributed by atoms with Gasteiger partial charge in [0.1, 0.15) is 0 Å². The summed E-state index contributed by atoms with van der Waals surface area (Å²) in [6, 6.07) is 0. The molecule has 0 unspecified atom stereocenters. The molecule has 2 atom stereocenters. The largest absolute Gasteiger partial charge is 0.315 e. The number of hydrogen-bond donors (Lipinski definition) is 2. The number of nitrogens with one attached hydrogen (secondary N) is 2. The van der Waals surface area contributed by atoms with Gasteiger partial charge in [-0.2, -0.15) is 0 Å². The van der Waals surface area contributed by atoms with Crippen LogP contribution in [-0.4, -0.2) is 24.0 Å². The van der Waals surface area contributed by atoms with Crippen LogP contribution in [0.4, 0.5) is 5.13 Å². The molecule has 0 radical (unpaired) electrons. The molecule has 1 aromatic rings. The minimum atomic E-state index is -0.184. The lowest BCUT2D eigenvalue weighted by Crippen LogP contribution is -2.44. The molecular formula is C14H21N3OS. The van der Waals surface area contributed by atoms with Crippen molar-refractivity contribution >= 4 is 22.4 Å². The van der Waals surface area contributed by atoms with Gasteiger partial charge in [-0.3, -0.25) is 4.79 Å². The number of aromatic nitrogens is 1. The first-order valence-electron chi connectivity index (χ1n) is 7.21. The number of hydrogen-bond acceptors (Lipinski definition) is 4. The first-order valence-corrected chi connectivity index (χ1v) is 8.03. The zero-order valence-corrected chi connectivity index (χ0v) is 12.2. The van der Waals surface area contributed by atoms with Crippen molar-refractivity contribution in [3.05, 3.63) is 11.1 Å². The van der Waals surface area contributed by atoms with E-state index in [1.165, 1.54) is 24.1 Å². The molecule has 2 N–H and O–H groups in total. The smallest absolute Gasteiger partial charge is 0.233 e. The summed E-state index contributed by atoms with van der Waals surface area (Å²) in [6.07, 6.45) is 7.47. The van der Waals surface area contributed by atoms with Gasteiger partial charge in [0.2, 0.25) is 5.91 Å². The predicted molar refractivity (Wildman–Crippen MR) is 77.4 cm³/mol. The van der Waals surface area contributed by atoms with Gasteiger partial charge >= 0.3 is 0 Å². The average Bonchev–Trinajstić information content (AvgIpc) is 3.04. The maximum atomic E-state index is 12.7. The number of nitrogens with zero attached hydrogens (tertiary/aromatic N) is 1. The topological polar surface area (TPSA) is 54.0 Å². The minimum absolute atomic E-state index is 0.180. The van der Waals surface area contributed by atoms with E-state index in [9.17, 15) is 4.79 Å². The maximum absolute atomic E-state index is 12.7. The van der Waals surface area contributed by atoms with Gasteiger partial charge in [-0.1, -0.05) is 19.8 Å². The summed E-state index contributed by atoms with van der Waals surface area (Å²) >= 11 is 1.59. The minimum Gasteiger partial charge on any atom is -0.315 e. The predicted octanol–water partition coefficient (Wildman–Crippen LogP) is 2.42. The molecule has 0 aromatic carbocycles. The van der Waals surface area contributed by atoms with Crippen molar-refractivity contribution in [2.45, 2.75) is 39.0 Å². The highest BCUT2D eigenvalue weighted by Gasteiger charge is 2.49. The lowest BCUT2D eigenvalue weighted by atomic mass is 9.68. The fraction of sp³-hybridized carbons (Fsp3) is 0.714. The van der Waals surface area contributed by atoms with Crippen molar-refractivity contribution in [3.63, 3.8) is 0 Å². The van der Waals surface area contributed by atoms with Crippen LogP contribution in [0.15, 0.2) is 6.20 Å². The molecule has 3 rings (SSSR count). The van der Waals surface area contributed by atoms with Crippen LogP contribution in [0.2, 0.25) is 0 Å². The normalized spacial score (nSPS) is 30.1. The Hall–Kier alpha value is -0.940. The lowest BCUT2D eigenvalue weighted by molar-refractivity contribution is -0.128. The molecule has 1 amide bonds. The fourth-order valence-electron chi connectivity index (χ4n) is 3.44. The van der Waals surface area contributed by atoms with Crippen LogP contribution in [0.25, 0.3) is 0 Å². The van der Waals surface area contributed by atoms with Crippen molar-refractivity contribution < 1.29 is 4.79 Å². The van der Waals surface area contributed by atoms with Crippen molar-refractivity contribution in [2.24, 2.45) is 11.3 Å². The van der Waals surface area contributed by atoms with Crippen LogP contribution in [0.1, 0.15) is 37.5 Å². The van der Waals surface area contributed by atoms with Gasteiger partial charge in [0.05, 0.1) is 5.41 Å². The van der Waals surface area contributed by atoms with Crippen LogP contribution in [0.3, 0.4) is 0 Å². The quantitative estimate of drug-likeness (QED) is 0.893. The van der Waals surface area contributed by atoms with Gasteiger partial charge in [-0.25, -0.2) is 4.98 Å². The van der Waals surface area contributed by atoms with E-state index in [0.29, 0.717) is 5.92 Å². The standard InChI is InChI=1S/C14H21N3OS/c1-2-11-8-16-13(19-11)17-12(18)14-6-4-3-5-10(14)7-15-9-14/h8,10,15H,2-7,9H2,1H3,(H,16,17,18)/t10-,14+/m0/s1. The van der Waals surface area contributed by atoms with E-state index in [1.54, 1.807) is 11.3 Å². The van der Waals surface area contributed by atoms with Crippen molar-refractivity contribution in [1.29, 1.82) is 0 Å². The van der Waals surface area contributed by atoms with E-state index in [1.807, 2.05) is 6.20 Å². The van der Waals surface area contributed by atoms with E-state index in [2.05, 4.69) is 22.5 Å². The molecule has 5 heteroatoms. The number of aryl methyl sites for hydroxylation is 1. The van der Waals surface area contributed by atoms with Crippen LogP contribution >= 0.6 is 11.3 Å². The highest BCUT2D eigenvalue weighted by Crippen LogP contribution is 2.44. The monoisotopic (exact) mass is 279 g/mol. The van der Waals surface area contributed by atoms with Gasteiger partial charge in [0, 0.05) is 17.6 Å². The molecule has 1 saturated carbocycles. The van der Waals surface area contributed by atoms with Crippen LogP contribution in [0, 0.1) is 11.3 Å². The molecule has 19 heavy (non-hydrogen) atoms. The molecule has 2 aliphatic rings. The molecule has 1 aliphatic carbocycles. The Balaban J connectivity index is 1.75. The molecule has 4 nitrogen and oxygen atoms in total. The third-order valence-corrected chi connectivity index (χ3v) is 5.67. The number of carbonyl (C=O) groups excluding carboxylic acids is 1. The summed E-state index contributed by atoms with van der Waals surface area (Å²) in [4.78, 5) is 18.2. The van der Waals surface area contributed by atoms with E-state index < -0.39 is 0 Å². The zero-order chi connectivity index (χ0) is 13.3. The molecule has 2 fully saturated rings. The Morgan fingerprint density at radius 2 is 2.53 bits per heavy atom. The highest BCUT2D eigenvalue weighted by molar-refractivity contribution is 7.15. The third-order valence-electron chi connectivity index (χ3n) is 4.61. The van der Waals surface area contributed by atoms with Gasteiger partial charge < -0.3 is 10.6 Å². The second kappa shape index (κ2) is 5.21. The van der Waals surface area contributed by atoms with Gasteiger partial charge in [0.15, 0.2) is 5.13 Å². The van der Waals surface area contributed by atoms with Crippen LogP contribution < -0.4 is 10.6 Å². The second-order valence-electron chi connectivity index (χ2n) is 5.67. The highest BCUT2D eigenvalue weighted by atomic mass is 32.1. The average molecular weight is 279 g/mol. The molecule has 1 aromatic heterocycles. The Morgan fingerprint density at radius 3 is 3.32 bits per heavy atom. The maximum Gasteiger partial charge on any atom is 0.233 e. The summed E-state index contributed by atoms with van der Waals surface area (Å²) < 4.78 is 0. The fourth-order valence-corrected chi connectivity index (χ4v) is 4.19. The van der Waals surface area contributed by atoms with E-state index in [4.69, 9.17) is 0 Å². The molecule has 1 aliphatic heterocycles. The summed E-state index contributed by atoms with van der Waals surface area (Å²) in [7, 11) is 0. The first-order chi connectivity index (χ1) is 9.24. The van der Waals surface area contributed by atoms with Gasteiger partial charge in [-0.15, -0.1) is 11.3 Å². The molecular weight excluding hydrogens is 258 g/mol. The Labute approximate surface area is 118 Å². The third kappa shape index (κ3) is 2.30. The number of fused-ring (bicyclic) bond motifs is 1. The molecule has 0 spiro atoms.